The second-order valence-electron chi connectivity index (χ2n) is 6.90. The molecular formula is C24H19N3O4. The first-order valence-corrected chi connectivity index (χ1v) is 9.59. The van der Waals surface area contributed by atoms with Gasteiger partial charge in [-0.15, -0.1) is 0 Å². The van der Waals surface area contributed by atoms with E-state index in [2.05, 4.69) is 15.6 Å². The van der Waals surface area contributed by atoms with E-state index in [-0.39, 0.29) is 23.6 Å². The topological polar surface area (TPSA) is 97.4 Å². The van der Waals surface area contributed by atoms with Crippen molar-refractivity contribution in [3.8, 4) is 5.88 Å². The fourth-order valence-corrected chi connectivity index (χ4v) is 3.22. The summed E-state index contributed by atoms with van der Waals surface area (Å²) in [7, 11) is 1.52. The second-order valence-corrected chi connectivity index (χ2v) is 6.90. The van der Waals surface area contributed by atoms with Crippen LogP contribution < -0.4 is 15.4 Å². The van der Waals surface area contributed by atoms with Crippen molar-refractivity contribution in [1.29, 1.82) is 0 Å². The van der Waals surface area contributed by atoms with Crippen LogP contribution in [0.15, 0.2) is 72.4 Å². The van der Waals surface area contributed by atoms with Crippen molar-refractivity contribution in [1.82, 2.24) is 10.3 Å². The number of fused-ring (bicyclic) bond motifs is 1. The number of anilines is 1. The number of hydrogen-bond donors (Lipinski definition) is 2. The monoisotopic (exact) mass is 413 g/mol. The molecule has 7 nitrogen and oxygen atoms in total. The van der Waals surface area contributed by atoms with Crippen LogP contribution in [-0.4, -0.2) is 29.7 Å². The highest BCUT2D eigenvalue weighted by Crippen LogP contribution is 2.27. The van der Waals surface area contributed by atoms with Gasteiger partial charge in [-0.3, -0.25) is 14.4 Å². The number of nitrogens with zero attached hydrogens (tertiary/aromatic N) is 1. The number of ketones is 1. The number of pyridine rings is 1. The Bertz CT molecular complexity index is 1200. The largest absolute Gasteiger partial charge is 0.481 e. The summed E-state index contributed by atoms with van der Waals surface area (Å²) in [5.41, 5.74) is 2.58. The zero-order valence-electron chi connectivity index (χ0n) is 16.7. The van der Waals surface area contributed by atoms with Crippen LogP contribution in [0.3, 0.4) is 0 Å². The predicted octanol–water partition coefficient (Wildman–Crippen LogP) is 3.24. The lowest BCUT2D eigenvalue weighted by molar-refractivity contribution is -0.112. The Hall–Kier alpha value is -4.26. The lowest BCUT2D eigenvalue weighted by Gasteiger charge is -2.19. The molecular weight excluding hydrogens is 394 g/mol. The van der Waals surface area contributed by atoms with E-state index < -0.39 is 11.7 Å². The maximum Gasteiger partial charge on any atom is 0.259 e. The first kappa shape index (κ1) is 20.0. The van der Waals surface area contributed by atoms with Crippen LogP contribution in [-0.2, 0) is 11.3 Å². The molecule has 31 heavy (non-hydrogen) atoms. The van der Waals surface area contributed by atoms with Crippen molar-refractivity contribution in [2.24, 2.45) is 0 Å². The Morgan fingerprint density at radius 1 is 1.10 bits per heavy atom. The summed E-state index contributed by atoms with van der Waals surface area (Å²) >= 11 is 0. The van der Waals surface area contributed by atoms with Gasteiger partial charge in [0.25, 0.3) is 11.8 Å². The molecule has 2 aromatic carbocycles. The molecule has 0 radical (unpaired) electrons. The van der Waals surface area contributed by atoms with Crippen molar-refractivity contribution in [3.63, 3.8) is 0 Å². The van der Waals surface area contributed by atoms with E-state index >= 15 is 0 Å². The Kier molecular flexibility index (Phi) is 5.57. The van der Waals surface area contributed by atoms with Gasteiger partial charge in [-0.2, -0.15) is 0 Å². The van der Waals surface area contributed by atoms with Gasteiger partial charge in [0.15, 0.2) is 0 Å². The number of Topliss-reactive ketones (excluding diaryl/α,β-unsaturated/α-hetero) is 1. The highest BCUT2D eigenvalue weighted by atomic mass is 16.5. The van der Waals surface area contributed by atoms with E-state index in [1.807, 2.05) is 18.2 Å². The zero-order valence-corrected chi connectivity index (χ0v) is 16.7. The highest BCUT2D eigenvalue weighted by molar-refractivity contribution is 6.36. The molecule has 0 atom stereocenters. The van der Waals surface area contributed by atoms with Gasteiger partial charge in [-0.25, -0.2) is 4.98 Å². The Morgan fingerprint density at radius 3 is 2.68 bits per heavy atom. The molecule has 1 aliphatic heterocycles. The fourth-order valence-electron chi connectivity index (χ4n) is 3.22. The van der Waals surface area contributed by atoms with Crippen LogP contribution in [0.5, 0.6) is 5.88 Å². The predicted molar refractivity (Wildman–Crippen MR) is 116 cm³/mol. The summed E-state index contributed by atoms with van der Waals surface area (Å²) in [6.45, 7) is 0.276. The van der Waals surface area contributed by atoms with Gasteiger partial charge in [0, 0.05) is 29.9 Å². The van der Waals surface area contributed by atoms with Crippen molar-refractivity contribution < 1.29 is 19.1 Å². The molecule has 0 saturated heterocycles. The van der Waals surface area contributed by atoms with E-state index in [1.54, 1.807) is 48.7 Å². The molecule has 2 amide bonds. The zero-order chi connectivity index (χ0) is 21.8. The molecule has 0 aliphatic carbocycles. The number of carbonyl (C=O) groups is 3. The molecule has 1 aromatic heterocycles. The summed E-state index contributed by atoms with van der Waals surface area (Å²) < 4.78 is 5.08. The van der Waals surface area contributed by atoms with Gasteiger partial charge < -0.3 is 15.4 Å². The van der Waals surface area contributed by atoms with Crippen molar-refractivity contribution in [2.75, 3.05) is 12.4 Å². The number of ether oxygens (including phenoxy) is 1. The number of carbonyl (C=O) groups excluding carboxylic acids is 3. The van der Waals surface area contributed by atoms with Gasteiger partial charge in [-0.05, 0) is 41.5 Å². The average Bonchev–Trinajstić information content (AvgIpc) is 2.81. The molecule has 0 spiro atoms. The molecule has 4 rings (SSSR count). The molecule has 2 heterocycles. The molecule has 0 fully saturated rings. The molecule has 1 aliphatic rings. The minimum atomic E-state index is -0.467. The fraction of sp³-hybridized carbons (Fsp3) is 0.0833. The van der Waals surface area contributed by atoms with Gasteiger partial charge in [0.2, 0.25) is 11.7 Å². The first-order valence-electron chi connectivity index (χ1n) is 9.59. The number of amides is 2. The maximum absolute atomic E-state index is 13.0. The molecule has 0 saturated carbocycles. The molecule has 2 N–H and O–H groups in total. The maximum atomic E-state index is 13.0. The third-order valence-electron chi connectivity index (χ3n) is 4.84. The van der Waals surface area contributed by atoms with E-state index in [9.17, 15) is 14.4 Å². The summed E-state index contributed by atoms with van der Waals surface area (Å²) in [5, 5.41) is 5.53. The third-order valence-corrected chi connectivity index (χ3v) is 4.84. The third kappa shape index (κ3) is 4.35. The SMILES string of the molecule is COc1cc(CNC(=O)c2ccc3c(c2)C(=O)/C(=C/c2ccccc2)C(=O)N3)ccn1. The number of nitrogens with one attached hydrogen (secondary N) is 2. The van der Waals surface area contributed by atoms with Gasteiger partial charge in [0.1, 0.15) is 0 Å². The lowest BCUT2D eigenvalue weighted by atomic mass is 9.93. The normalized spacial score (nSPS) is 14.0. The Balaban J connectivity index is 1.55. The van der Waals surface area contributed by atoms with Gasteiger partial charge in [0.05, 0.1) is 18.4 Å². The van der Waals surface area contributed by atoms with Crippen LogP contribution in [0.25, 0.3) is 6.08 Å². The van der Waals surface area contributed by atoms with E-state index in [0.29, 0.717) is 17.1 Å². The molecule has 3 aromatic rings. The second kappa shape index (κ2) is 8.62. The van der Waals surface area contributed by atoms with E-state index in [0.717, 1.165) is 11.1 Å². The summed E-state index contributed by atoms with van der Waals surface area (Å²) in [4.78, 5) is 42.0. The summed E-state index contributed by atoms with van der Waals surface area (Å²) in [6.07, 6.45) is 3.14. The van der Waals surface area contributed by atoms with Crippen LogP contribution in [0.2, 0.25) is 0 Å². The molecule has 0 unspecified atom stereocenters. The Labute approximate surface area is 178 Å². The highest BCUT2D eigenvalue weighted by Gasteiger charge is 2.29. The number of hydrogen-bond acceptors (Lipinski definition) is 5. The number of benzene rings is 2. The van der Waals surface area contributed by atoms with Crippen molar-refractivity contribution in [3.05, 3.63) is 94.7 Å². The van der Waals surface area contributed by atoms with Crippen LogP contribution in [0.4, 0.5) is 5.69 Å². The number of aromatic nitrogens is 1. The van der Waals surface area contributed by atoms with E-state index in [4.69, 9.17) is 4.74 Å². The summed E-state index contributed by atoms with van der Waals surface area (Å²) in [6, 6.07) is 17.3. The molecule has 7 heteroatoms. The van der Waals surface area contributed by atoms with Crippen LogP contribution >= 0.6 is 0 Å². The molecule has 154 valence electrons. The van der Waals surface area contributed by atoms with Gasteiger partial charge in [-0.1, -0.05) is 30.3 Å². The minimum absolute atomic E-state index is 0.0279. The molecule has 0 bridgehead atoms. The van der Waals surface area contributed by atoms with Crippen molar-refractivity contribution in [2.45, 2.75) is 6.54 Å². The average molecular weight is 413 g/mol. The van der Waals surface area contributed by atoms with Crippen LogP contribution in [0.1, 0.15) is 31.8 Å². The lowest BCUT2D eigenvalue weighted by Crippen LogP contribution is -2.28. The standard InChI is InChI=1S/C24H19N3O4/c1-31-21-12-16(9-10-25-21)14-26-23(29)17-7-8-20-18(13-17)22(28)19(24(30)27-20)11-15-5-3-2-4-6-15/h2-13H,14H2,1H3,(H,26,29)(H,27,30)/b19-11-. The minimum Gasteiger partial charge on any atom is -0.481 e. The van der Waals surface area contributed by atoms with Crippen molar-refractivity contribution >= 4 is 29.4 Å². The summed E-state index contributed by atoms with van der Waals surface area (Å²) in [5.74, 6) is -0.766. The van der Waals surface area contributed by atoms with Crippen LogP contribution in [0, 0.1) is 0 Å². The number of rotatable bonds is 5. The smallest absolute Gasteiger partial charge is 0.259 e. The first-order chi connectivity index (χ1) is 15.0. The van der Waals surface area contributed by atoms with E-state index in [1.165, 1.54) is 13.2 Å². The Morgan fingerprint density at radius 2 is 1.90 bits per heavy atom. The quantitative estimate of drug-likeness (QED) is 0.494. The number of methoxy groups -OCH3 is 1. The van der Waals surface area contributed by atoms with Gasteiger partial charge >= 0.3 is 0 Å².